The Hall–Kier alpha value is -2.10. The fourth-order valence-corrected chi connectivity index (χ4v) is 3.52. The Morgan fingerprint density at radius 3 is 2.73 bits per heavy atom. The van der Waals surface area contributed by atoms with Crippen LogP contribution in [-0.2, 0) is 28.7 Å². The van der Waals surface area contributed by atoms with Crippen LogP contribution in [0.1, 0.15) is 42.6 Å². The van der Waals surface area contributed by atoms with Gasteiger partial charge in [0.1, 0.15) is 0 Å². The Bertz CT molecular complexity index is 688. The molecule has 10 heteroatoms. The highest BCUT2D eigenvalue weighted by Gasteiger charge is 2.39. The molecule has 3 N–H and O–H groups in total. The quantitative estimate of drug-likeness (QED) is 0.825. The van der Waals surface area contributed by atoms with Crippen molar-refractivity contribution in [3.05, 3.63) is 17.0 Å². The molecule has 1 saturated heterocycles. The van der Waals surface area contributed by atoms with Gasteiger partial charge < -0.3 is 15.5 Å². The van der Waals surface area contributed by atoms with Crippen molar-refractivity contribution in [1.29, 1.82) is 0 Å². The number of aromatic amines is 1. The van der Waals surface area contributed by atoms with Crippen LogP contribution in [0.15, 0.2) is 0 Å². The number of nitrogens with two attached hydrogens (primary N) is 1. The predicted octanol–water partition coefficient (Wildman–Crippen LogP) is 1.04. The molecular formula is C16H22F3N5O2. The van der Waals surface area contributed by atoms with Crippen molar-refractivity contribution in [2.75, 3.05) is 19.6 Å². The second-order valence-electron chi connectivity index (χ2n) is 6.85. The number of hydrogen-bond acceptors (Lipinski definition) is 4. The van der Waals surface area contributed by atoms with Gasteiger partial charge in [-0.2, -0.15) is 18.3 Å². The summed E-state index contributed by atoms with van der Waals surface area (Å²) in [5.74, 6) is -0.172. The highest BCUT2D eigenvalue weighted by Crippen LogP contribution is 2.33. The summed E-state index contributed by atoms with van der Waals surface area (Å²) in [7, 11) is 0. The third kappa shape index (κ3) is 4.00. The minimum Gasteiger partial charge on any atom is -0.341 e. The number of likely N-dealkylation sites (tertiary alicyclic amines) is 1. The molecule has 3 heterocycles. The number of nitrogens with one attached hydrogen (secondary N) is 1. The number of rotatable bonds is 4. The highest BCUT2D eigenvalue weighted by atomic mass is 19.4. The van der Waals surface area contributed by atoms with Crippen LogP contribution in [0.4, 0.5) is 13.2 Å². The summed E-state index contributed by atoms with van der Waals surface area (Å²) in [5, 5.41) is 5.75. The fraction of sp³-hybridized carbons (Fsp3) is 0.688. The standard InChI is InChI=1S/C16H22F3N5O2/c17-16(18,19)15-11-4-6-24(9-12(11)21-22-15)14(26)7-10(20)8-23-5-2-1-3-13(23)25/h10H,1-9,20H2,(H,21,22)/t10-/m0/s1. The Labute approximate surface area is 148 Å². The van der Waals surface area contributed by atoms with Crippen LogP contribution >= 0.6 is 0 Å². The van der Waals surface area contributed by atoms with Gasteiger partial charge in [0.25, 0.3) is 0 Å². The first-order chi connectivity index (χ1) is 12.3. The van der Waals surface area contributed by atoms with Crippen LogP contribution in [0.2, 0.25) is 0 Å². The Kier molecular flexibility index (Phi) is 5.22. The van der Waals surface area contributed by atoms with Crippen LogP contribution < -0.4 is 5.73 Å². The van der Waals surface area contributed by atoms with Gasteiger partial charge in [-0.15, -0.1) is 0 Å². The lowest BCUT2D eigenvalue weighted by Crippen LogP contribution is -2.46. The van der Waals surface area contributed by atoms with Crippen LogP contribution in [-0.4, -0.2) is 57.5 Å². The molecule has 1 aromatic rings. The molecule has 0 aliphatic carbocycles. The Morgan fingerprint density at radius 1 is 1.27 bits per heavy atom. The van der Waals surface area contributed by atoms with Crippen molar-refractivity contribution in [2.45, 2.75) is 50.9 Å². The van der Waals surface area contributed by atoms with Crippen molar-refractivity contribution in [2.24, 2.45) is 5.73 Å². The van der Waals surface area contributed by atoms with Crippen molar-refractivity contribution in [1.82, 2.24) is 20.0 Å². The number of hydrogen-bond donors (Lipinski definition) is 2. The van der Waals surface area contributed by atoms with Crippen LogP contribution in [0, 0.1) is 0 Å². The van der Waals surface area contributed by atoms with Gasteiger partial charge in [0.15, 0.2) is 5.69 Å². The van der Waals surface area contributed by atoms with Crippen molar-refractivity contribution >= 4 is 11.8 Å². The molecule has 0 aromatic carbocycles. The van der Waals surface area contributed by atoms with E-state index < -0.39 is 17.9 Å². The molecule has 1 atom stereocenters. The molecule has 144 valence electrons. The van der Waals surface area contributed by atoms with Gasteiger partial charge in [0.2, 0.25) is 11.8 Å². The van der Waals surface area contributed by atoms with Crippen molar-refractivity contribution in [3.63, 3.8) is 0 Å². The second-order valence-corrected chi connectivity index (χ2v) is 6.85. The zero-order valence-electron chi connectivity index (χ0n) is 14.3. The molecule has 3 rings (SSSR count). The molecule has 0 bridgehead atoms. The first-order valence-electron chi connectivity index (χ1n) is 8.70. The fourth-order valence-electron chi connectivity index (χ4n) is 3.52. The minimum absolute atomic E-state index is 0.0545. The molecular weight excluding hydrogens is 351 g/mol. The molecule has 1 fully saturated rings. The summed E-state index contributed by atoms with van der Waals surface area (Å²) in [5.41, 5.74) is 5.56. The first-order valence-corrected chi connectivity index (χ1v) is 8.70. The zero-order valence-corrected chi connectivity index (χ0v) is 14.3. The summed E-state index contributed by atoms with van der Waals surface area (Å²) in [6.07, 6.45) is -2.02. The topological polar surface area (TPSA) is 95.3 Å². The highest BCUT2D eigenvalue weighted by molar-refractivity contribution is 5.78. The van der Waals surface area contributed by atoms with Gasteiger partial charge in [-0.1, -0.05) is 0 Å². The van der Waals surface area contributed by atoms with E-state index in [0.29, 0.717) is 25.2 Å². The lowest BCUT2D eigenvalue weighted by Gasteiger charge is -2.31. The summed E-state index contributed by atoms with van der Waals surface area (Å²) in [6, 6.07) is -0.488. The third-order valence-corrected chi connectivity index (χ3v) is 4.87. The smallest absolute Gasteiger partial charge is 0.341 e. The lowest BCUT2D eigenvalue weighted by molar-refractivity contribution is -0.142. The number of fused-ring (bicyclic) bond motifs is 1. The molecule has 2 aliphatic heterocycles. The van der Waals surface area contributed by atoms with E-state index >= 15 is 0 Å². The number of carbonyl (C=O) groups is 2. The minimum atomic E-state index is -4.50. The maximum Gasteiger partial charge on any atom is 0.435 e. The van der Waals surface area contributed by atoms with Gasteiger partial charge in [-0.05, 0) is 19.3 Å². The predicted molar refractivity (Wildman–Crippen MR) is 85.7 cm³/mol. The monoisotopic (exact) mass is 373 g/mol. The van der Waals surface area contributed by atoms with Gasteiger partial charge in [0.05, 0.1) is 12.2 Å². The first kappa shape index (κ1) is 18.7. The molecule has 0 saturated carbocycles. The van der Waals surface area contributed by atoms with Crippen molar-refractivity contribution < 1.29 is 22.8 Å². The number of aromatic nitrogens is 2. The van der Waals surface area contributed by atoms with Gasteiger partial charge in [0, 0.05) is 44.1 Å². The number of carbonyl (C=O) groups excluding carboxylic acids is 2. The molecule has 0 unspecified atom stereocenters. The third-order valence-electron chi connectivity index (χ3n) is 4.87. The molecule has 1 aromatic heterocycles. The van der Waals surface area contributed by atoms with Crippen LogP contribution in [0.5, 0.6) is 0 Å². The van der Waals surface area contributed by atoms with E-state index in [2.05, 4.69) is 10.2 Å². The van der Waals surface area contributed by atoms with E-state index in [1.54, 1.807) is 4.90 Å². The van der Waals surface area contributed by atoms with Crippen LogP contribution in [0.25, 0.3) is 0 Å². The number of piperidine rings is 1. The molecule has 2 amide bonds. The molecule has 0 radical (unpaired) electrons. The van der Waals surface area contributed by atoms with E-state index in [1.165, 1.54) is 4.90 Å². The van der Waals surface area contributed by atoms with E-state index in [4.69, 9.17) is 5.73 Å². The number of nitrogens with zero attached hydrogens (tertiary/aromatic N) is 3. The van der Waals surface area contributed by atoms with E-state index in [-0.39, 0.29) is 43.3 Å². The summed E-state index contributed by atoms with van der Waals surface area (Å²) in [6.45, 7) is 1.24. The van der Waals surface area contributed by atoms with Crippen LogP contribution in [0.3, 0.4) is 0 Å². The SMILES string of the molecule is N[C@@H](CC(=O)N1CCc2c(C(F)(F)F)n[nH]c2C1)CN1CCCCC1=O. The maximum atomic E-state index is 12.9. The lowest BCUT2D eigenvalue weighted by atomic mass is 10.0. The van der Waals surface area contributed by atoms with Crippen molar-refractivity contribution in [3.8, 4) is 0 Å². The Morgan fingerprint density at radius 2 is 2.04 bits per heavy atom. The number of H-pyrrole nitrogens is 1. The molecule has 26 heavy (non-hydrogen) atoms. The summed E-state index contributed by atoms with van der Waals surface area (Å²) < 4.78 is 38.6. The van der Waals surface area contributed by atoms with Gasteiger partial charge in [-0.3, -0.25) is 14.7 Å². The largest absolute Gasteiger partial charge is 0.435 e. The summed E-state index contributed by atoms with van der Waals surface area (Å²) in [4.78, 5) is 27.4. The van der Waals surface area contributed by atoms with E-state index in [1.807, 2.05) is 0 Å². The van der Waals surface area contributed by atoms with E-state index in [0.717, 1.165) is 12.8 Å². The number of halogens is 3. The summed E-state index contributed by atoms with van der Waals surface area (Å²) >= 11 is 0. The number of alkyl halides is 3. The van der Waals surface area contributed by atoms with Gasteiger partial charge in [-0.25, -0.2) is 0 Å². The molecule has 0 spiro atoms. The number of amides is 2. The van der Waals surface area contributed by atoms with E-state index in [9.17, 15) is 22.8 Å². The van der Waals surface area contributed by atoms with Gasteiger partial charge >= 0.3 is 6.18 Å². The second kappa shape index (κ2) is 7.26. The maximum absolute atomic E-state index is 12.9. The normalized spacial score (nSPS) is 19.5. The zero-order chi connectivity index (χ0) is 18.9. The average Bonchev–Trinajstić information content (AvgIpc) is 3.00. The molecule has 2 aliphatic rings. The Balaban J connectivity index is 1.56. The molecule has 7 nitrogen and oxygen atoms in total. The average molecular weight is 373 g/mol.